The quantitative estimate of drug-likeness (QED) is 0.511. The summed E-state index contributed by atoms with van der Waals surface area (Å²) in [6, 6.07) is 1.56. The lowest BCUT2D eigenvalue weighted by Crippen LogP contribution is -1.70. The maximum Gasteiger partial charge on any atom is 0.193 e. The standard InChI is InChI=1S/C2HCl2N.CH4O/c3-2(4)1-5;1-2/h2H;2H,1H3. The molecule has 0 aliphatic heterocycles. The zero-order valence-corrected chi connectivity index (χ0v) is 5.24. The summed E-state index contributed by atoms with van der Waals surface area (Å²) in [4.78, 5) is -0.866. The maximum absolute atomic E-state index is 7.63. The molecular formula is C3H5Cl2NO. The molecule has 0 saturated carbocycles. The lowest BCUT2D eigenvalue weighted by atomic mass is 10.9. The van der Waals surface area contributed by atoms with Gasteiger partial charge in [-0.3, -0.25) is 0 Å². The van der Waals surface area contributed by atoms with Crippen LogP contribution in [0.3, 0.4) is 0 Å². The summed E-state index contributed by atoms with van der Waals surface area (Å²) >= 11 is 9.73. The van der Waals surface area contributed by atoms with E-state index in [4.69, 9.17) is 33.6 Å². The van der Waals surface area contributed by atoms with E-state index in [2.05, 4.69) is 0 Å². The first-order chi connectivity index (χ1) is 3.27. The fourth-order valence-corrected chi connectivity index (χ4v) is 0. The van der Waals surface area contributed by atoms with Crippen LogP contribution in [0.25, 0.3) is 0 Å². The van der Waals surface area contributed by atoms with Gasteiger partial charge < -0.3 is 5.11 Å². The van der Waals surface area contributed by atoms with Crippen molar-refractivity contribution in [2.24, 2.45) is 0 Å². The third-order valence-electron chi connectivity index (χ3n) is 0.0976. The fraction of sp³-hybridized carbons (Fsp3) is 0.667. The summed E-state index contributed by atoms with van der Waals surface area (Å²) in [5, 5.41) is 14.6. The third kappa shape index (κ3) is 23.8. The minimum Gasteiger partial charge on any atom is -0.400 e. The van der Waals surface area contributed by atoms with Gasteiger partial charge in [-0.2, -0.15) is 5.26 Å². The Bertz CT molecular complexity index is 58.4. The van der Waals surface area contributed by atoms with Crippen LogP contribution in [-0.4, -0.2) is 17.1 Å². The molecule has 0 aliphatic rings. The van der Waals surface area contributed by atoms with Crippen molar-refractivity contribution in [2.45, 2.75) is 4.84 Å². The van der Waals surface area contributed by atoms with E-state index in [-0.39, 0.29) is 0 Å². The van der Waals surface area contributed by atoms with Crippen molar-refractivity contribution >= 4 is 23.2 Å². The summed E-state index contributed by atoms with van der Waals surface area (Å²) in [5.74, 6) is 0. The molecule has 0 bridgehead atoms. The monoisotopic (exact) mass is 141 g/mol. The molecular weight excluding hydrogens is 137 g/mol. The highest BCUT2D eigenvalue weighted by Crippen LogP contribution is 1.95. The summed E-state index contributed by atoms with van der Waals surface area (Å²) in [7, 11) is 1.00. The number of hydrogen-bond donors (Lipinski definition) is 1. The second-order valence-corrected chi connectivity index (χ2v) is 1.53. The molecule has 42 valence electrons. The normalized spacial score (nSPS) is 6.29. The molecule has 0 aliphatic carbocycles. The first kappa shape index (κ1) is 10.1. The molecule has 0 radical (unpaired) electrons. The highest BCUT2D eigenvalue weighted by molar-refractivity contribution is 6.46. The van der Waals surface area contributed by atoms with Gasteiger partial charge in [0.1, 0.15) is 0 Å². The SMILES string of the molecule is CO.N#CC(Cl)Cl. The number of aliphatic hydroxyl groups is 1. The van der Waals surface area contributed by atoms with Gasteiger partial charge in [-0.1, -0.05) is 23.2 Å². The number of alkyl halides is 2. The largest absolute Gasteiger partial charge is 0.400 e. The Labute approximate surface area is 52.3 Å². The number of rotatable bonds is 0. The topological polar surface area (TPSA) is 44.0 Å². The van der Waals surface area contributed by atoms with E-state index in [1.165, 1.54) is 0 Å². The Morgan fingerprint density at radius 2 is 1.71 bits per heavy atom. The van der Waals surface area contributed by atoms with Crippen molar-refractivity contribution in [1.29, 1.82) is 5.26 Å². The van der Waals surface area contributed by atoms with Gasteiger partial charge in [0.25, 0.3) is 0 Å². The predicted octanol–water partition coefficient (Wildman–Crippen LogP) is 0.922. The van der Waals surface area contributed by atoms with Crippen LogP contribution >= 0.6 is 23.2 Å². The van der Waals surface area contributed by atoms with E-state index in [9.17, 15) is 0 Å². The molecule has 0 amide bonds. The summed E-state index contributed by atoms with van der Waals surface area (Å²) in [6.07, 6.45) is 0. The highest BCUT2D eigenvalue weighted by Gasteiger charge is 1.85. The van der Waals surface area contributed by atoms with Crippen molar-refractivity contribution in [3.8, 4) is 6.07 Å². The molecule has 7 heavy (non-hydrogen) atoms. The third-order valence-corrected chi connectivity index (χ3v) is 0.293. The number of aliphatic hydroxyl groups excluding tert-OH is 1. The van der Waals surface area contributed by atoms with E-state index in [1.54, 1.807) is 6.07 Å². The maximum atomic E-state index is 7.63. The average molecular weight is 142 g/mol. The van der Waals surface area contributed by atoms with Gasteiger partial charge in [0.2, 0.25) is 0 Å². The molecule has 0 heterocycles. The first-order valence-corrected chi connectivity index (χ1v) is 2.27. The molecule has 4 heteroatoms. The minimum atomic E-state index is -0.866. The average Bonchev–Trinajstić information content (AvgIpc) is 1.73. The predicted molar refractivity (Wildman–Crippen MR) is 29.2 cm³/mol. The number of halogens is 2. The van der Waals surface area contributed by atoms with E-state index in [1.807, 2.05) is 0 Å². The smallest absolute Gasteiger partial charge is 0.193 e. The lowest BCUT2D eigenvalue weighted by Gasteiger charge is -1.69. The Balaban J connectivity index is 0. The number of nitrogens with zero attached hydrogens (tertiary/aromatic N) is 1. The van der Waals surface area contributed by atoms with Crippen LogP contribution in [0.5, 0.6) is 0 Å². The number of hydrogen-bond acceptors (Lipinski definition) is 2. The van der Waals surface area contributed by atoms with E-state index in [0.29, 0.717) is 0 Å². The van der Waals surface area contributed by atoms with Crippen LogP contribution in [0.15, 0.2) is 0 Å². The van der Waals surface area contributed by atoms with E-state index in [0.717, 1.165) is 7.11 Å². The Kier molecular flexibility index (Phi) is 13.6. The first-order valence-electron chi connectivity index (χ1n) is 1.40. The Hall–Kier alpha value is 0.0300. The molecule has 0 unspecified atom stereocenters. The van der Waals surface area contributed by atoms with Crippen molar-refractivity contribution in [3.63, 3.8) is 0 Å². The zero-order chi connectivity index (χ0) is 6.28. The van der Waals surface area contributed by atoms with E-state index < -0.39 is 4.84 Å². The van der Waals surface area contributed by atoms with Crippen LogP contribution in [0.4, 0.5) is 0 Å². The number of nitriles is 1. The van der Waals surface area contributed by atoms with Crippen LogP contribution < -0.4 is 0 Å². The van der Waals surface area contributed by atoms with Crippen LogP contribution in [0, 0.1) is 11.3 Å². The fourth-order valence-electron chi connectivity index (χ4n) is 0. The van der Waals surface area contributed by atoms with Crippen LogP contribution in [0.1, 0.15) is 0 Å². The van der Waals surface area contributed by atoms with Gasteiger partial charge in [-0.15, -0.1) is 0 Å². The Morgan fingerprint density at radius 3 is 1.71 bits per heavy atom. The van der Waals surface area contributed by atoms with Gasteiger partial charge in [0.15, 0.2) is 4.84 Å². The van der Waals surface area contributed by atoms with Gasteiger partial charge in [0, 0.05) is 7.11 Å². The Morgan fingerprint density at radius 1 is 1.57 bits per heavy atom. The van der Waals surface area contributed by atoms with Crippen molar-refractivity contribution in [2.75, 3.05) is 7.11 Å². The zero-order valence-electron chi connectivity index (χ0n) is 3.73. The van der Waals surface area contributed by atoms with Gasteiger partial charge in [-0.05, 0) is 0 Å². The van der Waals surface area contributed by atoms with E-state index >= 15 is 0 Å². The summed E-state index contributed by atoms with van der Waals surface area (Å²) in [6.45, 7) is 0. The summed E-state index contributed by atoms with van der Waals surface area (Å²) in [5.41, 5.74) is 0. The van der Waals surface area contributed by atoms with Gasteiger partial charge in [-0.25, -0.2) is 0 Å². The van der Waals surface area contributed by atoms with Gasteiger partial charge >= 0.3 is 0 Å². The molecule has 0 fully saturated rings. The molecule has 0 atom stereocenters. The molecule has 0 aromatic heterocycles. The van der Waals surface area contributed by atoms with Gasteiger partial charge in [0.05, 0.1) is 6.07 Å². The molecule has 1 N–H and O–H groups in total. The van der Waals surface area contributed by atoms with Crippen molar-refractivity contribution in [1.82, 2.24) is 0 Å². The second kappa shape index (κ2) is 9.39. The van der Waals surface area contributed by atoms with Crippen LogP contribution in [0.2, 0.25) is 0 Å². The summed E-state index contributed by atoms with van der Waals surface area (Å²) < 4.78 is 0. The van der Waals surface area contributed by atoms with Crippen LogP contribution in [-0.2, 0) is 0 Å². The molecule has 0 spiro atoms. The molecule has 0 aromatic carbocycles. The molecule has 0 rings (SSSR count). The molecule has 0 saturated heterocycles. The molecule has 0 aromatic rings. The van der Waals surface area contributed by atoms with Crippen molar-refractivity contribution < 1.29 is 5.11 Å². The highest BCUT2D eigenvalue weighted by atomic mass is 35.5. The van der Waals surface area contributed by atoms with Crippen molar-refractivity contribution in [3.05, 3.63) is 0 Å². The lowest BCUT2D eigenvalue weighted by molar-refractivity contribution is 0.399. The molecule has 2 nitrogen and oxygen atoms in total. The minimum absolute atomic E-state index is 0.866. The second-order valence-electron chi connectivity index (χ2n) is 0.430.